The highest BCUT2D eigenvalue weighted by Crippen LogP contribution is 2.36. The Morgan fingerprint density at radius 2 is 2.18 bits per heavy atom. The first-order valence-electron chi connectivity index (χ1n) is 4.91. The van der Waals surface area contributed by atoms with Crippen LogP contribution in [-0.2, 0) is 4.79 Å². The Morgan fingerprint density at radius 3 is 2.65 bits per heavy atom. The second kappa shape index (κ2) is 5.11. The molecule has 0 aromatic heterocycles. The Balaban J connectivity index is 3.13. The molecule has 0 spiro atoms. The van der Waals surface area contributed by atoms with Crippen LogP contribution >= 0.6 is 11.8 Å². The van der Waals surface area contributed by atoms with Gasteiger partial charge < -0.3 is 9.84 Å². The topological polar surface area (TPSA) is 70.3 Å². The molecule has 0 aliphatic carbocycles. The fourth-order valence-corrected chi connectivity index (χ4v) is 2.16. The SMILES string of the molecule is COc1ccc(C#N)c(SC(C)(C)C(=O)O)c1. The van der Waals surface area contributed by atoms with Crippen LogP contribution in [0.5, 0.6) is 5.75 Å². The molecule has 90 valence electrons. The maximum atomic E-state index is 11.0. The Kier molecular flexibility index (Phi) is 4.02. The maximum absolute atomic E-state index is 11.0. The summed E-state index contributed by atoms with van der Waals surface area (Å²) < 4.78 is 4.07. The molecule has 0 saturated carbocycles. The van der Waals surface area contributed by atoms with E-state index in [9.17, 15) is 4.79 Å². The molecule has 5 heteroatoms. The zero-order valence-electron chi connectivity index (χ0n) is 9.85. The monoisotopic (exact) mass is 251 g/mol. The van der Waals surface area contributed by atoms with Gasteiger partial charge in [-0.25, -0.2) is 0 Å². The third kappa shape index (κ3) is 3.14. The average Bonchev–Trinajstić information content (AvgIpc) is 2.28. The van der Waals surface area contributed by atoms with E-state index in [1.165, 1.54) is 7.11 Å². The summed E-state index contributed by atoms with van der Waals surface area (Å²) in [5.74, 6) is -0.318. The molecular weight excluding hydrogens is 238 g/mol. The van der Waals surface area contributed by atoms with Crippen molar-refractivity contribution < 1.29 is 14.6 Å². The molecule has 1 N–H and O–H groups in total. The summed E-state index contributed by atoms with van der Waals surface area (Å²) >= 11 is 1.13. The van der Waals surface area contributed by atoms with Gasteiger partial charge in [-0.2, -0.15) is 5.26 Å². The van der Waals surface area contributed by atoms with E-state index in [0.717, 1.165) is 11.8 Å². The van der Waals surface area contributed by atoms with Crippen LogP contribution in [-0.4, -0.2) is 22.9 Å². The van der Waals surface area contributed by atoms with Crippen LogP contribution in [0.2, 0.25) is 0 Å². The molecule has 17 heavy (non-hydrogen) atoms. The highest BCUT2D eigenvalue weighted by atomic mass is 32.2. The van der Waals surface area contributed by atoms with Crippen molar-refractivity contribution in [3.63, 3.8) is 0 Å². The fourth-order valence-electron chi connectivity index (χ4n) is 1.12. The first-order chi connectivity index (χ1) is 7.90. The Morgan fingerprint density at radius 1 is 1.53 bits per heavy atom. The molecule has 0 bridgehead atoms. The van der Waals surface area contributed by atoms with Gasteiger partial charge in [0.25, 0.3) is 0 Å². The largest absolute Gasteiger partial charge is 0.497 e. The molecule has 0 saturated heterocycles. The van der Waals surface area contributed by atoms with Crippen molar-refractivity contribution in [3.05, 3.63) is 23.8 Å². The number of methoxy groups -OCH3 is 1. The molecule has 1 rings (SSSR count). The van der Waals surface area contributed by atoms with Crippen molar-refractivity contribution in [3.8, 4) is 11.8 Å². The molecule has 0 heterocycles. The number of nitrogens with zero attached hydrogens (tertiary/aromatic N) is 1. The number of ether oxygens (including phenoxy) is 1. The standard InChI is InChI=1S/C12H13NO3S/c1-12(2,11(14)15)17-10-6-9(16-3)5-4-8(10)7-13/h4-6H,1-3H3,(H,14,15). The van der Waals surface area contributed by atoms with Crippen molar-refractivity contribution in [1.82, 2.24) is 0 Å². The van der Waals surface area contributed by atoms with E-state index in [1.807, 2.05) is 6.07 Å². The minimum Gasteiger partial charge on any atom is -0.497 e. The third-order valence-electron chi connectivity index (χ3n) is 2.19. The summed E-state index contributed by atoms with van der Waals surface area (Å²) in [5.41, 5.74) is 0.449. The lowest BCUT2D eigenvalue weighted by atomic mass is 10.2. The number of hydrogen-bond acceptors (Lipinski definition) is 4. The Labute approximate surface area is 104 Å². The van der Waals surface area contributed by atoms with Gasteiger partial charge >= 0.3 is 5.97 Å². The summed E-state index contributed by atoms with van der Waals surface area (Å²) in [5, 5.41) is 18.0. The number of carbonyl (C=O) groups is 1. The van der Waals surface area contributed by atoms with Gasteiger partial charge in [0.05, 0.1) is 12.7 Å². The summed E-state index contributed by atoms with van der Waals surface area (Å²) in [7, 11) is 1.53. The molecule has 0 unspecified atom stereocenters. The van der Waals surface area contributed by atoms with Gasteiger partial charge in [-0.15, -0.1) is 11.8 Å². The van der Waals surface area contributed by atoms with Gasteiger partial charge in [-0.1, -0.05) is 0 Å². The fraction of sp³-hybridized carbons (Fsp3) is 0.333. The Bertz CT molecular complexity index is 477. The highest BCUT2D eigenvalue weighted by molar-refractivity contribution is 8.01. The van der Waals surface area contributed by atoms with Crippen molar-refractivity contribution >= 4 is 17.7 Å². The van der Waals surface area contributed by atoms with Gasteiger partial charge in [0.15, 0.2) is 0 Å². The van der Waals surface area contributed by atoms with E-state index in [-0.39, 0.29) is 0 Å². The number of carboxylic acid groups (broad SMARTS) is 1. The van der Waals surface area contributed by atoms with E-state index < -0.39 is 10.7 Å². The first-order valence-corrected chi connectivity index (χ1v) is 5.73. The number of rotatable bonds is 4. The van der Waals surface area contributed by atoms with Gasteiger partial charge in [-0.05, 0) is 32.0 Å². The van der Waals surface area contributed by atoms with Crippen LogP contribution < -0.4 is 4.74 Å². The maximum Gasteiger partial charge on any atom is 0.319 e. The molecule has 0 atom stereocenters. The van der Waals surface area contributed by atoms with Crippen molar-refractivity contribution in [1.29, 1.82) is 5.26 Å². The molecule has 0 amide bonds. The number of thioether (sulfide) groups is 1. The summed E-state index contributed by atoms with van der Waals surface area (Å²) in [6, 6.07) is 7.01. The molecule has 0 aliphatic rings. The van der Waals surface area contributed by atoms with E-state index in [2.05, 4.69) is 0 Å². The average molecular weight is 251 g/mol. The van der Waals surface area contributed by atoms with Gasteiger partial charge in [0.2, 0.25) is 0 Å². The predicted molar refractivity (Wildman–Crippen MR) is 65.3 cm³/mol. The molecular formula is C12H13NO3S. The van der Waals surface area contributed by atoms with E-state index >= 15 is 0 Å². The second-order valence-corrected chi connectivity index (χ2v) is 5.56. The number of hydrogen-bond donors (Lipinski definition) is 1. The second-order valence-electron chi connectivity index (χ2n) is 3.89. The molecule has 1 aromatic rings. The van der Waals surface area contributed by atoms with E-state index in [4.69, 9.17) is 15.1 Å². The van der Waals surface area contributed by atoms with Crippen molar-refractivity contribution in [2.75, 3.05) is 7.11 Å². The lowest BCUT2D eigenvalue weighted by Gasteiger charge is -2.19. The predicted octanol–water partition coefficient (Wildman–Crippen LogP) is 2.52. The van der Waals surface area contributed by atoms with E-state index in [1.54, 1.807) is 32.0 Å². The quantitative estimate of drug-likeness (QED) is 0.832. The molecule has 0 fully saturated rings. The van der Waals surface area contributed by atoms with Crippen LogP contribution in [0.25, 0.3) is 0 Å². The van der Waals surface area contributed by atoms with Crippen molar-refractivity contribution in [2.24, 2.45) is 0 Å². The van der Waals surface area contributed by atoms with Gasteiger partial charge in [0, 0.05) is 4.90 Å². The lowest BCUT2D eigenvalue weighted by molar-refractivity contribution is -0.138. The van der Waals surface area contributed by atoms with Crippen LogP contribution in [0.3, 0.4) is 0 Å². The zero-order chi connectivity index (χ0) is 13.1. The summed E-state index contributed by atoms with van der Waals surface area (Å²) in [6.45, 7) is 3.20. The first kappa shape index (κ1) is 13.4. The van der Waals surface area contributed by atoms with E-state index in [0.29, 0.717) is 16.2 Å². The normalized spacial score (nSPS) is 10.7. The summed E-state index contributed by atoms with van der Waals surface area (Å²) in [4.78, 5) is 11.7. The van der Waals surface area contributed by atoms with Crippen LogP contribution in [0, 0.1) is 11.3 Å². The van der Waals surface area contributed by atoms with Crippen molar-refractivity contribution in [2.45, 2.75) is 23.5 Å². The minimum atomic E-state index is -0.988. The number of nitriles is 1. The zero-order valence-corrected chi connectivity index (χ0v) is 10.7. The smallest absolute Gasteiger partial charge is 0.319 e. The lowest BCUT2D eigenvalue weighted by Crippen LogP contribution is -2.27. The number of benzene rings is 1. The third-order valence-corrected chi connectivity index (χ3v) is 3.43. The van der Waals surface area contributed by atoms with Crippen LogP contribution in [0.1, 0.15) is 19.4 Å². The summed E-state index contributed by atoms with van der Waals surface area (Å²) in [6.07, 6.45) is 0. The minimum absolute atomic E-state index is 0.449. The number of aliphatic carboxylic acids is 1. The molecule has 1 aromatic carbocycles. The van der Waals surface area contributed by atoms with Crippen LogP contribution in [0.15, 0.2) is 23.1 Å². The van der Waals surface area contributed by atoms with Crippen LogP contribution in [0.4, 0.5) is 0 Å². The number of carboxylic acids is 1. The molecule has 0 radical (unpaired) electrons. The Hall–Kier alpha value is -1.67. The highest BCUT2D eigenvalue weighted by Gasteiger charge is 2.29. The van der Waals surface area contributed by atoms with Gasteiger partial charge in [-0.3, -0.25) is 4.79 Å². The molecule has 4 nitrogen and oxygen atoms in total. The van der Waals surface area contributed by atoms with Gasteiger partial charge in [0.1, 0.15) is 16.6 Å². The molecule has 0 aliphatic heterocycles.